The van der Waals surface area contributed by atoms with Gasteiger partial charge in [0.1, 0.15) is 25.7 Å². The number of hydrogen-bond acceptors (Lipinski definition) is 2. The smallest absolute Gasteiger partial charge is 0.216 e. The Bertz CT molecular complexity index is 1340. The number of aryl methyl sites for hydroxylation is 2. The van der Waals surface area contributed by atoms with Gasteiger partial charge in [0.15, 0.2) is 6.17 Å². The second-order valence-corrected chi connectivity index (χ2v) is 7.30. The third kappa shape index (κ3) is 2.61. The Morgan fingerprint density at radius 2 is 1.89 bits per heavy atom. The second kappa shape index (κ2) is 6.25. The molecular weight excluding hydrogens is 332 g/mol. The lowest BCUT2D eigenvalue weighted by atomic mass is 9.96. The molecule has 134 valence electrons. The van der Waals surface area contributed by atoms with Crippen molar-refractivity contribution in [2.45, 2.75) is 33.6 Å². The standard InChI is InChI=1S/C24H23N2O/c1-14(2)17-10-11-26(5)20(12-17)22-16(4)6-8-18-23-19(13-25)15(3)7-9-21(23)27-24(18)22/h6-12,14H,1-5H3/q+1/i11D,14D. The van der Waals surface area contributed by atoms with Gasteiger partial charge in [-0.25, -0.2) is 4.57 Å². The maximum atomic E-state index is 9.70. The predicted molar refractivity (Wildman–Crippen MR) is 109 cm³/mol. The number of fused-ring (bicyclic) bond motifs is 3. The number of benzene rings is 2. The number of rotatable bonds is 2. The molecule has 0 unspecified atom stereocenters. The summed E-state index contributed by atoms with van der Waals surface area (Å²) in [5, 5.41) is 11.4. The van der Waals surface area contributed by atoms with E-state index in [0.29, 0.717) is 22.9 Å². The third-order valence-corrected chi connectivity index (χ3v) is 5.24. The molecule has 0 spiro atoms. The topological polar surface area (TPSA) is 40.8 Å². The summed E-state index contributed by atoms with van der Waals surface area (Å²) in [4.78, 5) is 0. The average molecular weight is 357 g/mol. The van der Waals surface area contributed by atoms with Crippen LogP contribution in [0.5, 0.6) is 0 Å². The maximum Gasteiger partial charge on any atom is 0.216 e. The van der Waals surface area contributed by atoms with Crippen LogP contribution < -0.4 is 4.57 Å². The highest BCUT2D eigenvalue weighted by atomic mass is 16.3. The van der Waals surface area contributed by atoms with Gasteiger partial charge in [-0.2, -0.15) is 5.26 Å². The summed E-state index contributed by atoms with van der Waals surface area (Å²) >= 11 is 0. The van der Waals surface area contributed by atoms with E-state index < -0.39 is 5.89 Å². The van der Waals surface area contributed by atoms with Crippen molar-refractivity contribution in [3.63, 3.8) is 0 Å². The molecule has 0 radical (unpaired) electrons. The van der Waals surface area contributed by atoms with Crippen LogP contribution in [0.4, 0.5) is 0 Å². The maximum absolute atomic E-state index is 9.70. The first-order chi connectivity index (χ1) is 13.6. The average Bonchev–Trinajstić information content (AvgIpc) is 3.02. The normalized spacial score (nSPS) is 12.9. The minimum Gasteiger partial charge on any atom is -0.455 e. The molecule has 27 heavy (non-hydrogen) atoms. The molecule has 0 aliphatic rings. The van der Waals surface area contributed by atoms with E-state index in [1.807, 2.05) is 65.1 Å². The highest BCUT2D eigenvalue weighted by molar-refractivity contribution is 6.12. The van der Waals surface area contributed by atoms with Crippen LogP contribution in [-0.2, 0) is 7.05 Å². The van der Waals surface area contributed by atoms with Gasteiger partial charge in [0.2, 0.25) is 5.69 Å². The van der Waals surface area contributed by atoms with Crippen LogP contribution in [0.1, 0.15) is 44.7 Å². The van der Waals surface area contributed by atoms with Crippen molar-refractivity contribution in [3.05, 3.63) is 64.8 Å². The van der Waals surface area contributed by atoms with E-state index in [0.717, 1.165) is 38.7 Å². The molecular formula is C24H23N2O+. The van der Waals surface area contributed by atoms with E-state index in [1.54, 1.807) is 10.6 Å². The number of aromatic nitrogens is 1. The zero-order valence-electron chi connectivity index (χ0n) is 18.3. The van der Waals surface area contributed by atoms with Crippen molar-refractivity contribution in [2.24, 2.45) is 7.05 Å². The van der Waals surface area contributed by atoms with E-state index in [1.165, 1.54) is 0 Å². The van der Waals surface area contributed by atoms with Gasteiger partial charge in [-0.15, -0.1) is 0 Å². The molecule has 2 heterocycles. The Morgan fingerprint density at radius 1 is 1.15 bits per heavy atom. The SMILES string of the molecule is [2H]c1cc(C([2H])(C)C)cc(-c2c(C)ccc3c2oc2ccc(C)c(C#N)c23)[n+]1C. The fraction of sp³-hybridized carbons (Fsp3) is 0.250. The van der Waals surface area contributed by atoms with Crippen molar-refractivity contribution in [3.8, 4) is 17.3 Å². The predicted octanol–water partition coefficient (Wildman–Crippen LogP) is 5.69. The number of furan rings is 1. The van der Waals surface area contributed by atoms with Crippen LogP contribution in [0.25, 0.3) is 33.2 Å². The Balaban J connectivity index is 2.16. The number of pyridine rings is 1. The quantitative estimate of drug-likeness (QED) is 0.432. The fourth-order valence-corrected chi connectivity index (χ4v) is 3.65. The number of nitriles is 1. The zero-order chi connectivity index (χ0) is 21.1. The summed E-state index contributed by atoms with van der Waals surface area (Å²) in [6.45, 7) is 7.59. The molecule has 4 aromatic rings. The van der Waals surface area contributed by atoms with Crippen LogP contribution in [0, 0.1) is 25.2 Å². The highest BCUT2D eigenvalue weighted by Gasteiger charge is 2.23. The molecule has 3 nitrogen and oxygen atoms in total. The van der Waals surface area contributed by atoms with Crippen molar-refractivity contribution in [1.29, 1.82) is 5.26 Å². The molecule has 0 bridgehead atoms. The Labute approximate surface area is 162 Å². The second-order valence-electron chi connectivity index (χ2n) is 7.30. The van der Waals surface area contributed by atoms with E-state index in [-0.39, 0.29) is 0 Å². The summed E-state index contributed by atoms with van der Waals surface area (Å²) in [5.74, 6) is -0.820. The summed E-state index contributed by atoms with van der Waals surface area (Å²) < 4.78 is 24.9. The summed E-state index contributed by atoms with van der Waals surface area (Å²) in [7, 11) is 1.85. The zero-order valence-corrected chi connectivity index (χ0v) is 16.3. The van der Waals surface area contributed by atoms with E-state index in [4.69, 9.17) is 7.16 Å². The molecule has 0 saturated heterocycles. The van der Waals surface area contributed by atoms with Gasteiger partial charge in [0.05, 0.1) is 11.1 Å². The van der Waals surface area contributed by atoms with Crippen LogP contribution in [-0.4, -0.2) is 0 Å². The molecule has 0 atom stereocenters. The lowest BCUT2D eigenvalue weighted by molar-refractivity contribution is -0.660. The molecule has 0 N–H and O–H groups in total. The van der Waals surface area contributed by atoms with Crippen LogP contribution >= 0.6 is 0 Å². The van der Waals surface area contributed by atoms with Crippen LogP contribution in [0.15, 0.2) is 47.0 Å². The Kier molecular flexibility index (Phi) is 3.47. The lowest BCUT2D eigenvalue weighted by Gasteiger charge is -2.09. The lowest BCUT2D eigenvalue weighted by Crippen LogP contribution is -2.31. The fourth-order valence-electron chi connectivity index (χ4n) is 3.65. The van der Waals surface area contributed by atoms with Gasteiger partial charge in [-0.3, -0.25) is 0 Å². The van der Waals surface area contributed by atoms with Crippen molar-refractivity contribution in [2.75, 3.05) is 0 Å². The van der Waals surface area contributed by atoms with Gasteiger partial charge < -0.3 is 4.42 Å². The molecule has 0 amide bonds. The monoisotopic (exact) mass is 357 g/mol. The van der Waals surface area contributed by atoms with Gasteiger partial charge in [0, 0.05) is 24.3 Å². The molecule has 2 aromatic heterocycles. The highest BCUT2D eigenvalue weighted by Crippen LogP contribution is 2.39. The molecule has 2 aromatic carbocycles. The van der Waals surface area contributed by atoms with E-state index in [2.05, 4.69) is 6.07 Å². The van der Waals surface area contributed by atoms with Gasteiger partial charge in [0.25, 0.3) is 0 Å². The number of hydrogen-bond donors (Lipinski definition) is 0. The first kappa shape index (κ1) is 15.0. The van der Waals surface area contributed by atoms with Gasteiger partial charge in [-0.1, -0.05) is 32.0 Å². The molecule has 0 aliphatic carbocycles. The van der Waals surface area contributed by atoms with Crippen molar-refractivity contribution in [1.82, 2.24) is 0 Å². The van der Waals surface area contributed by atoms with Crippen molar-refractivity contribution < 1.29 is 11.7 Å². The Morgan fingerprint density at radius 3 is 2.59 bits per heavy atom. The molecule has 3 heteroatoms. The summed E-state index contributed by atoms with van der Waals surface area (Å²) in [6, 6.07) is 13.9. The molecule has 0 aliphatic heterocycles. The first-order valence-electron chi connectivity index (χ1n) is 10.0. The number of nitrogens with zero attached hydrogens (tertiary/aromatic N) is 2. The minimum atomic E-state index is -0.820. The molecule has 0 saturated carbocycles. The first-order valence-corrected chi connectivity index (χ1v) is 9.00. The van der Waals surface area contributed by atoms with Crippen molar-refractivity contribution >= 4 is 21.9 Å². The molecule has 4 rings (SSSR count). The Hall–Kier alpha value is -3.12. The van der Waals surface area contributed by atoms with Gasteiger partial charge >= 0.3 is 0 Å². The van der Waals surface area contributed by atoms with E-state index in [9.17, 15) is 5.26 Å². The van der Waals surface area contributed by atoms with Crippen LogP contribution in [0.2, 0.25) is 0 Å². The van der Waals surface area contributed by atoms with Crippen LogP contribution in [0.3, 0.4) is 0 Å². The molecule has 0 fully saturated rings. The summed E-state index contributed by atoms with van der Waals surface area (Å²) in [6.07, 6.45) is 0.332. The minimum absolute atomic E-state index is 0.332. The third-order valence-electron chi connectivity index (χ3n) is 5.24. The van der Waals surface area contributed by atoms with E-state index >= 15 is 0 Å². The largest absolute Gasteiger partial charge is 0.455 e. The van der Waals surface area contributed by atoms with Gasteiger partial charge in [-0.05, 0) is 42.5 Å². The summed E-state index contributed by atoms with van der Waals surface area (Å²) in [5.41, 5.74) is 6.44.